The van der Waals surface area contributed by atoms with Crippen LogP contribution in [0.1, 0.15) is 24.2 Å². The first-order valence-electron chi connectivity index (χ1n) is 11.2. The third-order valence-corrected chi connectivity index (χ3v) is 5.67. The third-order valence-electron chi connectivity index (χ3n) is 5.67. The number of hydrogen-bond donors (Lipinski definition) is 1. The van der Waals surface area contributed by atoms with Crippen LogP contribution in [0.4, 0.5) is 5.82 Å². The van der Waals surface area contributed by atoms with Gasteiger partial charge in [0.05, 0.1) is 17.8 Å². The first kappa shape index (κ1) is 22.0. The first-order chi connectivity index (χ1) is 17.1. The molecule has 1 atom stereocenters. The molecule has 35 heavy (non-hydrogen) atoms. The highest BCUT2D eigenvalue weighted by molar-refractivity contribution is 5.87. The molecule has 3 aromatic heterocycles. The van der Waals surface area contributed by atoms with Crippen LogP contribution in [0, 0.1) is 11.3 Å². The number of anilines is 1. The maximum absolute atomic E-state index is 9.13. The van der Waals surface area contributed by atoms with Gasteiger partial charge in [0, 0.05) is 34.3 Å². The first-order valence-corrected chi connectivity index (χ1v) is 11.2. The van der Waals surface area contributed by atoms with Gasteiger partial charge in [0.1, 0.15) is 17.5 Å². The molecule has 2 N–H and O–H groups in total. The van der Waals surface area contributed by atoms with E-state index in [1.807, 2.05) is 79.7 Å². The Balaban J connectivity index is 1.53. The van der Waals surface area contributed by atoms with Crippen molar-refractivity contribution in [1.29, 1.82) is 5.26 Å². The smallest absolute Gasteiger partial charge is 0.257 e. The number of nitrogens with two attached hydrogens (primary N) is 1. The number of nitrogens with zero attached hydrogens (tertiary/aromatic N) is 5. The number of fused-ring (bicyclic) bond motifs is 1. The van der Waals surface area contributed by atoms with E-state index in [9.17, 15) is 0 Å². The summed E-state index contributed by atoms with van der Waals surface area (Å²) in [5.74, 6) is 0.392. The summed E-state index contributed by atoms with van der Waals surface area (Å²) in [4.78, 5) is 18.3. The zero-order valence-electron chi connectivity index (χ0n) is 19.1. The highest BCUT2D eigenvalue weighted by atomic mass is 16.5. The number of benzene rings is 2. The summed E-state index contributed by atoms with van der Waals surface area (Å²) in [5.41, 5.74) is 11.5. The van der Waals surface area contributed by atoms with Crippen LogP contribution in [0.5, 0.6) is 5.88 Å². The van der Waals surface area contributed by atoms with Gasteiger partial charge in [0.15, 0.2) is 5.82 Å². The van der Waals surface area contributed by atoms with E-state index in [0.29, 0.717) is 17.1 Å². The average Bonchev–Trinajstić information content (AvgIpc) is 2.92. The zero-order chi connectivity index (χ0) is 24.2. The molecule has 2 aromatic carbocycles. The van der Waals surface area contributed by atoms with Gasteiger partial charge < -0.3 is 10.5 Å². The number of nitriles is 1. The normalized spacial score (nSPS) is 11.7. The second-order valence-corrected chi connectivity index (χ2v) is 8.16. The van der Waals surface area contributed by atoms with Crippen molar-refractivity contribution in [3.05, 3.63) is 96.4 Å². The molecule has 1 unspecified atom stereocenters. The predicted molar refractivity (Wildman–Crippen MR) is 135 cm³/mol. The van der Waals surface area contributed by atoms with Crippen molar-refractivity contribution in [1.82, 2.24) is 19.9 Å². The molecule has 0 radical (unpaired) electrons. The second-order valence-electron chi connectivity index (χ2n) is 8.16. The van der Waals surface area contributed by atoms with Crippen LogP contribution in [-0.2, 0) is 0 Å². The summed E-state index contributed by atoms with van der Waals surface area (Å²) >= 11 is 0. The zero-order valence-corrected chi connectivity index (χ0v) is 19.1. The van der Waals surface area contributed by atoms with E-state index in [1.54, 1.807) is 12.3 Å². The molecular formula is C28H22N6O. The molecule has 170 valence electrons. The summed E-state index contributed by atoms with van der Waals surface area (Å²) in [5, 5.41) is 10.1. The van der Waals surface area contributed by atoms with E-state index in [1.165, 1.54) is 0 Å². The van der Waals surface area contributed by atoms with Crippen LogP contribution in [0.2, 0.25) is 0 Å². The van der Waals surface area contributed by atoms with Crippen molar-refractivity contribution >= 4 is 16.7 Å². The van der Waals surface area contributed by atoms with Gasteiger partial charge in [-0.1, -0.05) is 55.5 Å². The summed E-state index contributed by atoms with van der Waals surface area (Å²) in [6.07, 6.45) is 1.77. The topological polar surface area (TPSA) is 111 Å². The minimum Gasteiger partial charge on any atom is -0.474 e. The summed E-state index contributed by atoms with van der Waals surface area (Å²) in [6.45, 7) is 2.26. The molecule has 0 amide bonds. The van der Waals surface area contributed by atoms with E-state index in [0.717, 1.165) is 27.7 Å². The van der Waals surface area contributed by atoms with Crippen molar-refractivity contribution < 1.29 is 4.74 Å². The standard InChI is InChI=1S/C28H22N6O/c1-18(23-11-5-10-22(16-29)32-23)17-35-28-27(30)33-25(19-7-3-2-4-8-19)26(34-28)21-12-13-24-20(15-21)9-6-14-31-24/h2-15,18H,17H2,1H3,(H2,30,33). The quantitative estimate of drug-likeness (QED) is 0.363. The summed E-state index contributed by atoms with van der Waals surface area (Å²) in [7, 11) is 0. The highest BCUT2D eigenvalue weighted by Gasteiger charge is 2.18. The lowest BCUT2D eigenvalue weighted by atomic mass is 10.0. The van der Waals surface area contributed by atoms with Gasteiger partial charge in [-0.05, 0) is 30.3 Å². The van der Waals surface area contributed by atoms with Crippen LogP contribution in [0.3, 0.4) is 0 Å². The molecule has 0 aliphatic heterocycles. The number of hydrogen-bond acceptors (Lipinski definition) is 7. The fourth-order valence-electron chi connectivity index (χ4n) is 3.84. The molecule has 0 aliphatic rings. The van der Waals surface area contributed by atoms with Crippen molar-refractivity contribution in [3.63, 3.8) is 0 Å². The maximum atomic E-state index is 9.13. The Morgan fingerprint density at radius 1 is 0.886 bits per heavy atom. The highest BCUT2D eigenvalue weighted by Crippen LogP contribution is 2.34. The summed E-state index contributed by atoms with van der Waals surface area (Å²) < 4.78 is 6.03. The van der Waals surface area contributed by atoms with Gasteiger partial charge in [0.2, 0.25) is 0 Å². The van der Waals surface area contributed by atoms with E-state index < -0.39 is 0 Å². The van der Waals surface area contributed by atoms with E-state index in [-0.39, 0.29) is 24.2 Å². The van der Waals surface area contributed by atoms with E-state index in [4.69, 9.17) is 25.7 Å². The van der Waals surface area contributed by atoms with Crippen molar-refractivity contribution in [2.45, 2.75) is 12.8 Å². The van der Waals surface area contributed by atoms with Gasteiger partial charge >= 0.3 is 0 Å². The second kappa shape index (κ2) is 9.57. The number of pyridine rings is 2. The molecule has 0 fully saturated rings. The number of nitrogen functional groups attached to an aromatic ring is 1. The summed E-state index contributed by atoms with van der Waals surface area (Å²) in [6, 6.07) is 27.1. The van der Waals surface area contributed by atoms with Crippen LogP contribution in [0.25, 0.3) is 33.4 Å². The van der Waals surface area contributed by atoms with E-state index in [2.05, 4.69) is 16.0 Å². The molecule has 7 nitrogen and oxygen atoms in total. The monoisotopic (exact) mass is 458 g/mol. The Morgan fingerprint density at radius 3 is 2.54 bits per heavy atom. The number of aromatic nitrogens is 4. The van der Waals surface area contributed by atoms with Crippen molar-refractivity contribution in [2.24, 2.45) is 0 Å². The molecule has 0 spiro atoms. The van der Waals surface area contributed by atoms with Crippen molar-refractivity contribution in [2.75, 3.05) is 12.3 Å². The fraction of sp³-hybridized carbons (Fsp3) is 0.107. The molecule has 0 bridgehead atoms. The van der Waals surface area contributed by atoms with Crippen molar-refractivity contribution in [3.8, 4) is 34.5 Å². The molecule has 5 rings (SSSR count). The number of ether oxygens (including phenoxy) is 1. The predicted octanol–water partition coefficient (Wildman–Crippen LogP) is 5.39. The Hall–Kier alpha value is -4.83. The van der Waals surface area contributed by atoms with Gasteiger partial charge in [-0.25, -0.2) is 15.0 Å². The van der Waals surface area contributed by atoms with Gasteiger partial charge in [0.25, 0.3) is 5.88 Å². The third kappa shape index (κ3) is 4.63. The lowest BCUT2D eigenvalue weighted by molar-refractivity contribution is 0.284. The number of rotatable bonds is 6. The molecule has 0 saturated carbocycles. The average molecular weight is 459 g/mol. The van der Waals surface area contributed by atoms with E-state index >= 15 is 0 Å². The van der Waals surface area contributed by atoms with Crippen LogP contribution >= 0.6 is 0 Å². The van der Waals surface area contributed by atoms with Crippen LogP contribution in [-0.4, -0.2) is 26.5 Å². The lowest BCUT2D eigenvalue weighted by Gasteiger charge is -2.16. The minimum absolute atomic E-state index is 0.0755. The largest absolute Gasteiger partial charge is 0.474 e. The van der Waals surface area contributed by atoms with Gasteiger partial charge in [-0.2, -0.15) is 5.26 Å². The molecule has 5 aromatic rings. The minimum atomic E-state index is -0.0755. The van der Waals surface area contributed by atoms with Gasteiger partial charge in [-0.3, -0.25) is 4.98 Å². The fourth-order valence-corrected chi connectivity index (χ4v) is 3.84. The molecule has 0 aliphatic carbocycles. The molecule has 7 heteroatoms. The Bertz CT molecular complexity index is 1540. The Kier molecular flexibility index (Phi) is 6.01. The van der Waals surface area contributed by atoms with Crippen LogP contribution < -0.4 is 10.5 Å². The van der Waals surface area contributed by atoms with Crippen LogP contribution in [0.15, 0.2) is 85.1 Å². The molecular weight excluding hydrogens is 436 g/mol. The Labute approximate surface area is 202 Å². The molecule has 0 saturated heterocycles. The Morgan fingerprint density at radius 2 is 1.71 bits per heavy atom. The van der Waals surface area contributed by atoms with Gasteiger partial charge in [-0.15, -0.1) is 0 Å². The SMILES string of the molecule is CC(COc1nc(-c2ccc3ncccc3c2)c(-c2ccccc2)nc1N)c1cccc(C#N)n1. The lowest BCUT2D eigenvalue weighted by Crippen LogP contribution is -2.12. The molecule has 3 heterocycles. The maximum Gasteiger partial charge on any atom is 0.257 e.